The number of aromatic nitrogens is 2. The van der Waals surface area contributed by atoms with E-state index in [9.17, 15) is 13.2 Å². The molecule has 0 bridgehead atoms. The van der Waals surface area contributed by atoms with Crippen LogP contribution in [-0.2, 0) is 28.4 Å². The third-order valence-corrected chi connectivity index (χ3v) is 4.93. The molecule has 0 amide bonds. The lowest BCUT2D eigenvalue weighted by atomic mass is 10.2. The van der Waals surface area contributed by atoms with Gasteiger partial charge in [-0.2, -0.15) is 9.40 Å². The minimum absolute atomic E-state index is 0.0433. The molecule has 1 aromatic carbocycles. The van der Waals surface area contributed by atoms with Crippen molar-refractivity contribution in [1.82, 2.24) is 14.1 Å². The summed E-state index contributed by atoms with van der Waals surface area (Å²) in [4.78, 5) is 11.6. The molecule has 0 radical (unpaired) electrons. The van der Waals surface area contributed by atoms with Gasteiger partial charge in [0.25, 0.3) is 0 Å². The molecule has 0 spiro atoms. The number of rotatable bonds is 5. The van der Waals surface area contributed by atoms with E-state index >= 15 is 0 Å². The third kappa shape index (κ3) is 3.34. The van der Waals surface area contributed by atoms with Crippen molar-refractivity contribution in [3.63, 3.8) is 0 Å². The molecule has 1 heterocycles. The predicted octanol–water partition coefficient (Wildman–Crippen LogP) is 1.03. The fraction of sp³-hybridized carbons (Fsp3) is 0.286. The number of esters is 1. The van der Waals surface area contributed by atoms with E-state index in [0.717, 1.165) is 5.56 Å². The number of methoxy groups -OCH3 is 1. The minimum Gasteiger partial charge on any atom is -0.465 e. The normalized spacial score (nSPS) is 11.6. The average Bonchev–Trinajstić information content (AvgIpc) is 2.91. The highest BCUT2D eigenvalue weighted by Crippen LogP contribution is 2.18. The number of aryl methyl sites for hydroxylation is 1. The van der Waals surface area contributed by atoms with Crippen LogP contribution in [0.15, 0.2) is 41.6 Å². The molecule has 1 aromatic heterocycles. The molecule has 7 nitrogen and oxygen atoms in total. The largest absolute Gasteiger partial charge is 0.465 e. The van der Waals surface area contributed by atoms with Crippen LogP contribution >= 0.6 is 0 Å². The number of benzene rings is 1. The van der Waals surface area contributed by atoms with Crippen LogP contribution in [0.3, 0.4) is 0 Å². The standard InChI is InChI=1S/C14H17N3O4S/c1-16-9-11(8-15-16)10-17(2)22(19,20)13-6-4-5-12(7-13)14(18)21-3/h4-9H,10H2,1-3H3. The number of carbonyl (C=O) groups is 1. The summed E-state index contributed by atoms with van der Waals surface area (Å²) in [5.41, 5.74) is 0.969. The fourth-order valence-corrected chi connectivity index (χ4v) is 3.18. The van der Waals surface area contributed by atoms with Gasteiger partial charge in [-0.25, -0.2) is 13.2 Å². The van der Waals surface area contributed by atoms with Gasteiger partial charge < -0.3 is 4.74 Å². The van der Waals surface area contributed by atoms with Gasteiger partial charge in [0.1, 0.15) is 0 Å². The summed E-state index contributed by atoms with van der Waals surface area (Å²) in [6.45, 7) is 0.193. The van der Waals surface area contributed by atoms with Gasteiger partial charge in [0.15, 0.2) is 0 Å². The molecule has 22 heavy (non-hydrogen) atoms. The first kappa shape index (κ1) is 16.2. The number of nitrogens with zero attached hydrogens (tertiary/aromatic N) is 3. The number of carbonyl (C=O) groups excluding carboxylic acids is 1. The fourth-order valence-electron chi connectivity index (χ4n) is 1.98. The quantitative estimate of drug-likeness (QED) is 0.768. The molecule has 0 aliphatic rings. The second kappa shape index (κ2) is 6.29. The van der Waals surface area contributed by atoms with E-state index in [0.29, 0.717) is 0 Å². The van der Waals surface area contributed by atoms with Gasteiger partial charge >= 0.3 is 5.97 Å². The van der Waals surface area contributed by atoms with Gasteiger partial charge in [-0.15, -0.1) is 0 Å². The SMILES string of the molecule is COC(=O)c1cccc(S(=O)(=O)N(C)Cc2cnn(C)c2)c1. The van der Waals surface area contributed by atoms with Crippen molar-refractivity contribution in [2.75, 3.05) is 14.2 Å². The van der Waals surface area contributed by atoms with E-state index < -0.39 is 16.0 Å². The van der Waals surface area contributed by atoms with Crippen molar-refractivity contribution in [2.45, 2.75) is 11.4 Å². The van der Waals surface area contributed by atoms with Crippen molar-refractivity contribution in [2.24, 2.45) is 7.05 Å². The van der Waals surface area contributed by atoms with Gasteiger partial charge in [-0.1, -0.05) is 6.07 Å². The molecule has 0 aliphatic carbocycles. The van der Waals surface area contributed by atoms with Gasteiger partial charge in [-0.05, 0) is 18.2 Å². The van der Waals surface area contributed by atoms with E-state index in [1.54, 1.807) is 24.1 Å². The molecule has 118 valence electrons. The van der Waals surface area contributed by atoms with E-state index in [1.807, 2.05) is 0 Å². The molecule has 2 rings (SSSR count). The maximum absolute atomic E-state index is 12.6. The highest BCUT2D eigenvalue weighted by Gasteiger charge is 2.22. The van der Waals surface area contributed by atoms with Gasteiger partial charge in [-0.3, -0.25) is 4.68 Å². The Morgan fingerprint density at radius 3 is 2.73 bits per heavy atom. The highest BCUT2D eigenvalue weighted by molar-refractivity contribution is 7.89. The zero-order valence-electron chi connectivity index (χ0n) is 12.6. The lowest BCUT2D eigenvalue weighted by Crippen LogP contribution is -2.26. The number of hydrogen-bond donors (Lipinski definition) is 0. The Balaban J connectivity index is 2.27. The summed E-state index contributed by atoms with van der Waals surface area (Å²) in [5, 5.41) is 4.01. The maximum Gasteiger partial charge on any atom is 0.337 e. The average molecular weight is 323 g/mol. The number of sulfonamides is 1. The highest BCUT2D eigenvalue weighted by atomic mass is 32.2. The van der Waals surface area contributed by atoms with Gasteiger partial charge in [0.05, 0.1) is 23.8 Å². The molecule has 0 atom stereocenters. The van der Waals surface area contributed by atoms with Crippen LogP contribution in [0.4, 0.5) is 0 Å². The zero-order valence-corrected chi connectivity index (χ0v) is 13.4. The molecule has 0 saturated carbocycles. The summed E-state index contributed by atoms with van der Waals surface area (Å²) >= 11 is 0. The number of ether oxygens (including phenoxy) is 1. The summed E-state index contributed by atoms with van der Waals surface area (Å²) in [5.74, 6) is -0.577. The first-order valence-corrected chi connectivity index (χ1v) is 7.91. The predicted molar refractivity (Wildman–Crippen MR) is 79.6 cm³/mol. The van der Waals surface area contributed by atoms with Crippen molar-refractivity contribution >= 4 is 16.0 Å². The second-order valence-electron chi connectivity index (χ2n) is 4.80. The van der Waals surface area contributed by atoms with Crippen molar-refractivity contribution in [3.8, 4) is 0 Å². The molecular weight excluding hydrogens is 306 g/mol. The van der Waals surface area contributed by atoms with Crippen LogP contribution in [0.1, 0.15) is 15.9 Å². The molecule has 0 unspecified atom stereocenters. The van der Waals surface area contributed by atoms with Crippen LogP contribution in [0, 0.1) is 0 Å². The third-order valence-electron chi connectivity index (χ3n) is 3.13. The Bertz CT molecular complexity index is 783. The molecule has 0 N–H and O–H groups in total. The van der Waals surface area contributed by atoms with Crippen LogP contribution in [0.2, 0.25) is 0 Å². The zero-order chi connectivity index (χ0) is 16.3. The second-order valence-corrected chi connectivity index (χ2v) is 6.85. The first-order valence-electron chi connectivity index (χ1n) is 6.47. The topological polar surface area (TPSA) is 81.5 Å². The first-order chi connectivity index (χ1) is 10.3. The molecule has 2 aromatic rings. The molecule has 0 saturated heterocycles. The van der Waals surface area contributed by atoms with Crippen LogP contribution in [-0.4, -0.2) is 42.6 Å². The Kier molecular flexibility index (Phi) is 4.62. The van der Waals surface area contributed by atoms with Crippen LogP contribution in [0.25, 0.3) is 0 Å². The molecule has 0 fully saturated rings. The Hall–Kier alpha value is -2.19. The summed E-state index contributed by atoms with van der Waals surface area (Å²) < 4.78 is 32.5. The van der Waals surface area contributed by atoms with E-state index in [1.165, 1.54) is 42.7 Å². The molecular formula is C14H17N3O4S. The maximum atomic E-state index is 12.6. The Morgan fingerprint density at radius 2 is 2.14 bits per heavy atom. The Morgan fingerprint density at radius 1 is 1.41 bits per heavy atom. The van der Waals surface area contributed by atoms with Crippen molar-refractivity contribution in [3.05, 3.63) is 47.8 Å². The lowest BCUT2D eigenvalue weighted by Gasteiger charge is -2.16. The number of hydrogen-bond acceptors (Lipinski definition) is 5. The van der Waals surface area contributed by atoms with Crippen LogP contribution in [0.5, 0.6) is 0 Å². The smallest absolute Gasteiger partial charge is 0.337 e. The van der Waals surface area contributed by atoms with Gasteiger partial charge in [0.2, 0.25) is 10.0 Å². The monoisotopic (exact) mass is 323 g/mol. The summed E-state index contributed by atoms with van der Waals surface area (Å²) in [6, 6.07) is 5.77. The van der Waals surface area contributed by atoms with Crippen molar-refractivity contribution in [1.29, 1.82) is 0 Å². The van der Waals surface area contributed by atoms with E-state index in [4.69, 9.17) is 0 Å². The lowest BCUT2D eigenvalue weighted by molar-refractivity contribution is 0.0600. The van der Waals surface area contributed by atoms with Crippen molar-refractivity contribution < 1.29 is 17.9 Å². The van der Waals surface area contributed by atoms with E-state index in [2.05, 4.69) is 9.84 Å². The molecule has 0 aliphatic heterocycles. The van der Waals surface area contributed by atoms with E-state index in [-0.39, 0.29) is 17.0 Å². The van der Waals surface area contributed by atoms with Crippen LogP contribution < -0.4 is 0 Å². The molecule has 8 heteroatoms. The van der Waals surface area contributed by atoms with Gasteiger partial charge in [0, 0.05) is 32.4 Å². The minimum atomic E-state index is -3.70. The summed E-state index contributed by atoms with van der Waals surface area (Å²) in [7, 11) is 0.785. The Labute approximate surface area is 129 Å². The summed E-state index contributed by atoms with van der Waals surface area (Å²) in [6.07, 6.45) is 3.35.